The molecule has 1 aliphatic rings. The average Bonchev–Trinajstić information content (AvgIpc) is 3.00. The van der Waals surface area contributed by atoms with Gasteiger partial charge in [-0.1, -0.05) is 0 Å². The van der Waals surface area contributed by atoms with Gasteiger partial charge in [-0.3, -0.25) is 0 Å². The molecule has 2 heterocycles. The van der Waals surface area contributed by atoms with Crippen LogP contribution in [0, 0.1) is 6.92 Å². The Morgan fingerprint density at radius 3 is 2.37 bits per heavy atom. The first-order valence-electron chi connectivity index (χ1n) is 6.55. The van der Waals surface area contributed by atoms with Crippen molar-refractivity contribution in [2.24, 2.45) is 0 Å². The molecule has 0 radical (unpaired) electrons. The Hall–Kier alpha value is -0.690. The van der Waals surface area contributed by atoms with Crippen LogP contribution in [-0.4, -0.2) is 51.5 Å². The lowest BCUT2D eigenvalue weighted by Crippen LogP contribution is -2.27. The summed E-state index contributed by atoms with van der Waals surface area (Å²) >= 11 is 1.76. The number of aromatic nitrogens is 1. The van der Waals surface area contributed by atoms with E-state index in [2.05, 4.69) is 24.1 Å². The van der Waals surface area contributed by atoms with Crippen LogP contribution in [0.15, 0.2) is 0 Å². The van der Waals surface area contributed by atoms with Crippen LogP contribution in [0.5, 0.6) is 0 Å². The molecule has 19 heavy (non-hydrogen) atoms. The van der Waals surface area contributed by atoms with Gasteiger partial charge >= 0.3 is 0 Å². The number of nitrogens with one attached hydrogen (secondary N) is 1. The normalized spacial score (nSPS) is 25.0. The Balaban J connectivity index is 2.15. The number of hydrogen-bond acceptors (Lipinski definition) is 6. The highest BCUT2D eigenvalue weighted by atomic mass is 32.1. The molecule has 3 unspecified atom stereocenters. The number of rotatable bonds is 5. The first-order valence-corrected chi connectivity index (χ1v) is 7.37. The second-order valence-corrected chi connectivity index (χ2v) is 5.92. The van der Waals surface area contributed by atoms with Gasteiger partial charge in [0.2, 0.25) is 0 Å². The molecule has 1 aliphatic heterocycles. The first-order chi connectivity index (χ1) is 9.10. The summed E-state index contributed by atoms with van der Waals surface area (Å²) in [5, 5.41) is 4.33. The van der Waals surface area contributed by atoms with Gasteiger partial charge in [-0.2, -0.15) is 0 Å². The van der Waals surface area contributed by atoms with Crippen LogP contribution in [0.1, 0.15) is 23.5 Å². The largest absolute Gasteiger partial charge is 0.377 e. The van der Waals surface area contributed by atoms with Gasteiger partial charge in [-0.15, -0.1) is 11.3 Å². The van der Waals surface area contributed by atoms with E-state index in [1.165, 1.54) is 4.88 Å². The van der Waals surface area contributed by atoms with Crippen LogP contribution in [0.2, 0.25) is 0 Å². The molecule has 0 aromatic carbocycles. The van der Waals surface area contributed by atoms with Crippen LogP contribution < -0.4 is 10.2 Å². The highest BCUT2D eigenvalue weighted by molar-refractivity contribution is 7.15. The van der Waals surface area contributed by atoms with Gasteiger partial charge in [0, 0.05) is 38.2 Å². The van der Waals surface area contributed by atoms with Gasteiger partial charge in [-0.25, -0.2) is 4.98 Å². The quantitative estimate of drug-likeness (QED) is 0.890. The highest BCUT2D eigenvalue weighted by Crippen LogP contribution is 2.33. The summed E-state index contributed by atoms with van der Waals surface area (Å²) in [4.78, 5) is 8.25. The molecule has 3 atom stereocenters. The molecule has 0 spiro atoms. The molecule has 1 aromatic rings. The lowest BCUT2D eigenvalue weighted by Gasteiger charge is -2.13. The minimum atomic E-state index is 0.124. The fourth-order valence-electron chi connectivity index (χ4n) is 2.41. The van der Waals surface area contributed by atoms with E-state index < -0.39 is 0 Å². The molecule has 108 valence electrons. The number of methoxy groups -OCH3 is 2. The Kier molecular flexibility index (Phi) is 4.78. The van der Waals surface area contributed by atoms with Gasteiger partial charge in [-0.05, 0) is 20.9 Å². The number of hydrogen-bond donors (Lipinski definition) is 1. The summed E-state index contributed by atoms with van der Waals surface area (Å²) in [6.45, 7) is 5.91. The standard InChI is InChI=1S/C13H23N3O2S/c1-8(14-3)12-9(2)15-13(19-12)16-6-10(17-4)11(7-16)18-5/h8,10-11,14H,6-7H2,1-5H3. The van der Waals surface area contributed by atoms with Gasteiger partial charge in [0.05, 0.1) is 5.69 Å². The fourth-order valence-corrected chi connectivity index (χ4v) is 3.56. The maximum atomic E-state index is 5.47. The van der Waals surface area contributed by atoms with E-state index in [0.29, 0.717) is 6.04 Å². The molecule has 1 N–H and O–H groups in total. The maximum Gasteiger partial charge on any atom is 0.186 e. The van der Waals surface area contributed by atoms with E-state index in [9.17, 15) is 0 Å². The van der Waals surface area contributed by atoms with Crippen LogP contribution in [0.4, 0.5) is 5.13 Å². The summed E-state index contributed by atoms with van der Waals surface area (Å²) in [7, 11) is 5.45. The molecule has 5 nitrogen and oxygen atoms in total. The van der Waals surface area contributed by atoms with E-state index in [0.717, 1.165) is 23.9 Å². The minimum absolute atomic E-state index is 0.124. The minimum Gasteiger partial charge on any atom is -0.377 e. The van der Waals surface area contributed by atoms with E-state index >= 15 is 0 Å². The summed E-state index contributed by atoms with van der Waals surface area (Å²) in [6, 6.07) is 0.338. The predicted molar refractivity (Wildman–Crippen MR) is 78.1 cm³/mol. The SMILES string of the molecule is CNC(C)c1sc(N2CC(OC)C(OC)C2)nc1C. The topological polar surface area (TPSA) is 46.6 Å². The van der Waals surface area contributed by atoms with Crippen molar-refractivity contribution in [3.8, 4) is 0 Å². The van der Waals surface area contributed by atoms with Crippen molar-refractivity contribution < 1.29 is 9.47 Å². The van der Waals surface area contributed by atoms with E-state index in [1.54, 1.807) is 25.6 Å². The maximum absolute atomic E-state index is 5.47. The molecule has 1 fully saturated rings. The Bertz CT molecular complexity index is 412. The Morgan fingerprint density at radius 2 is 1.89 bits per heavy atom. The number of ether oxygens (including phenoxy) is 2. The smallest absolute Gasteiger partial charge is 0.186 e. The monoisotopic (exact) mass is 285 g/mol. The van der Waals surface area contributed by atoms with Crippen LogP contribution in [0.25, 0.3) is 0 Å². The molecule has 0 aliphatic carbocycles. The molecule has 0 saturated carbocycles. The lowest BCUT2D eigenvalue weighted by atomic mass is 10.2. The predicted octanol–water partition coefficient (Wildman–Crippen LogP) is 1.58. The van der Waals surface area contributed by atoms with Crippen molar-refractivity contribution in [3.05, 3.63) is 10.6 Å². The van der Waals surface area contributed by atoms with Gasteiger partial charge < -0.3 is 19.7 Å². The number of anilines is 1. The number of aryl methyl sites for hydroxylation is 1. The summed E-state index contributed by atoms with van der Waals surface area (Å²) < 4.78 is 10.9. The van der Waals surface area contributed by atoms with Crippen LogP contribution in [0.3, 0.4) is 0 Å². The fraction of sp³-hybridized carbons (Fsp3) is 0.769. The number of thiazole rings is 1. The zero-order valence-electron chi connectivity index (χ0n) is 12.3. The van der Waals surface area contributed by atoms with E-state index in [4.69, 9.17) is 14.5 Å². The summed E-state index contributed by atoms with van der Waals surface area (Å²) in [6.07, 6.45) is 0.249. The average molecular weight is 285 g/mol. The van der Waals surface area contributed by atoms with Crippen molar-refractivity contribution in [1.29, 1.82) is 0 Å². The van der Waals surface area contributed by atoms with E-state index in [-0.39, 0.29) is 12.2 Å². The van der Waals surface area contributed by atoms with Crippen molar-refractivity contribution in [3.63, 3.8) is 0 Å². The summed E-state index contributed by atoms with van der Waals surface area (Å²) in [5.41, 5.74) is 1.11. The zero-order chi connectivity index (χ0) is 14.0. The van der Waals surface area contributed by atoms with Gasteiger partial charge in [0.1, 0.15) is 12.2 Å². The van der Waals surface area contributed by atoms with Gasteiger partial charge in [0.25, 0.3) is 0 Å². The van der Waals surface area contributed by atoms with E-state index in [1.807, 2.05) is 7.05 Å². The highest BCUT2D eigenvalue weighted by Gasteiger charge is 2.34. The molecule has 0 amide bonds. The molecule has 0 bridgehead atoms. The van der Waals surface area contributed by atoms with Crippen molar-refractivity contribution in [2.45, 2.75) is 32.1 Å². The van der Waals surface area contributed by atoms with Crippen molar-refractivity contribution in [1.82, 2.24) is 10.3 Å². The second kappa shape index (κ2) is 6.17. The molecule has 1 saturated heterocycles. The van der Waals surface area contributed by atoms with Crippen molar-refractivity contribution in [2.75, 3.05) is 39.3 Å². The van der Waals surface area contributed by atoms with Gasteiger partial charge in [0.15, 0.2) is 5.13 Å². The molecule has 2 rings (SSSR count). The van der Waals surface area contributed by atoms with Crippen molar-refractivity contribution >= 4 is 16.5 Å². The Morgan fingerprint density at radius 1 is 1.32 bits per heavy atom. The second-order valence-electron chi connectivity index (χ2n) is 4.91. The third kappa shape index (κ3) is 2.91. The zero-order valence-corrected chi connectivity index (χ0v) is 13.1. The third-order valence-corrected chi connectivity index (χ3v) is 5.14. The first kappa shape index (κ1) is 14.7. The lowest BCUT2D eigenvalue weighted by molar-refractivity contribution is -0.00461. The van der Waals surface area contributed by atoms with Crippen LogP contribution >= 0.6 is 11.3 Å². The number of nitrogens with zero attached hydrogens (tertiary/aromatic N) is 2. The molecular weight excluding hydrogens is 262 g/mol. The van der Waals surface area contributed by atoms with Crippen LogP contribution in [-0.2, 0) is 9.47 Å². The molecule has 6 heteroatoms. The summed E-state index contributed by atoms with van der Waals surface area (Å²) in [5.74, 6) is 0. The molecule has 1 aromatic heterocycles. The molecular formula is C13H23N3O2S. The Labute approximate surface area is 118 Å². The third-order valence-electron chi connectivity index (χ3n) is 3.74.